The van der Waals surface area contributed by atoms with E-state index >= 15 is 0 Å². The van der Waals surface area contributed by atoms with Crippen LogP contribution >= 0.6 is 26.6 Å². The fraction of sp³-hybridized carbons (Fsp3) is 0.538. The smallest absolute Gasteiger partial charge is 0.233 e. The molecule has 0 saturated heterocycles. The van der Waals surface area contributed by atoms with Crippen LogP contribution in [0.5, 0.6) is 11.5 Å². The predicted octanol–water partition coefficient (Wildman–Crippen LogP) is 3.68. The van der Waals surface area contributed by atoms with Gasteiger partial charge in [0.25, 0.3) is 0 Å². The zero-order chi connectivity index (χ0) is 15.3. The van der Waals surface area contributed by atoms with Gasteiger partial charge in [-0.2, -0.15) is 0 Å². The van der Waals surface area contributed by atoms with Gasteiger partial charge in [0.05, 0.1) is 23.9 Å². The Balaban J connectivity index is 2.73. The topological polar surface area (TPSA) is 52.6 Å². The van der Waals surface area contributed by atoms with Crippen molar-refractivity contribution < 1.29 is 17.9 Å². The van der Waals surface area contributed by atoms with E-state index in [1.54, 1.807) is 25.3 Å². The van der Waals surface area contributed by atoms with Gasteiger partial charge in [0, 0.05) is 16.6 Å². The molecule has 0 fully saturated rings. The average molecular weight is 386 g/mol. The summed E-state index contributed by atoms with van der Waals surface area (Å²) in [5.74, 6) is 1.25. The molecule has 1 aromatic rings. The van der Waals surface area contributed by atoms with Gasteiger partial charge in [0.15, 0.2) is 0 Å². The molecular formula is C13H18BrClO4S. The summed E-state index contributed by atoms with van der Waals surface area (Å²) in [6.45, 7) is 4.17. The Morgan fingerprint density at radius 2 is 2.00 bits per heavy atom. The van der Waals surface area contributed by atoms with Crippen molar-refractivity contribution in [2.45, 2.75) is 13.8 Å². The normalized spacial score (nSPS) is 13.3. The van der Waals surface area contributed by atoms with Crippen LogP contribution in [0, 0.1) is 11.8 Å². The van der Waals surface area contributed by atoms with E-state index in [1.165, 1.54) is 0 Å². The highest BCUT2D eigenvalue weighted by molar-refractivity contribution is 9.10. The van der Waals surface area contributed by atoms with Gasteiger partial charge in [-0.15, -0.1) is 0 Å². The van der Waals surface area contributed by atoms with Gasteiger partial charge >= 0.3 is 0 Å². The van der Waals surface area contributed by atoms with Gasteiger partial charge < -0.3 is 9.47 Å². The minimum absolute atomic E-state index is 0.0972. The van der Waals surface area contributed by atoms with Crippen molar-refractivity contribution in [1.82, 2.24) is 0 Å². The average Bonchev–Trinajstić information content (AvgIpc) is 2.33. The Labute approximate surface area is 133 Å². The maximum Gasteiger partial charge on any atom is 0.233 e. The Morgan fingerprint density at radius 1 is 1.35 bits per heavy atom. The van der Waals surface area contributed by atoms with Crippen LogP contribution in [0.2, 0.25) is 0 Å². The first-order chi connectivity index (χ1) is 9.23. The number of hydrogen-bond acceptors (Lipinski definition) is 4. The second-order valence-corrected chi connectivity index (χ2v) is 8.49. The summed E-state index contributed by atoms with van der Waals surface area (Å²) in [6.07, 6.45) is 0. The van der Waals surface area contributed by atoms with E-state index in [0.29, 0.717) is 11.5 Å². The number of rotatable bonds is 7. The summed E-state index contributed by atoms with van der Waals surface area (Å²) in [5, 5.41) is 0. The molecule has 7 heteroatoms. The molecular weight excluding hydrogens is 368 g/mol. The number of hydrogen-bond donors (Lipinski definition) is 0. The van der Waals surface area contributed by atoms with Crippen LogP contribution in [0.15, 0.2) is 22.7 Å². The monoisotopic (exact) mass is 384 g/mol. The van der Waals surface area contributed by atoms with E-state index < -0.39 is 9.05 Å². The molecule has 1 unspecified atom stereocenters. The van der Waals surface area contributed by atoms with Gasteiger partial charge in [-0.05, 0) is 40.0 Å². The number of halogens is 2. The van der Waals surface area contributed by atoms with Crippen LogP contribution in [0.3, 0.4) is 0 Å². The van der Waals surface area contributed by atoms with E-state index in [4.69, 9.17) is 20.2 Å². The molecule has 0 heterocycles. The Morgan fingerprint density at radius 3 is 2.45 bits per heavy atom. The third-order valence-corrected chi connectivity index (χ3v) is 4.77. The third kappa shape index (κ3) is 5.89. The molecule has 0 spiro atoms. The molecule has 0 amide bonds. The summed E-state index contributed by atoms with van der Waals surface area (Å²) in [5.41, 5.74) is 0. The van der Waals surface area contributed by atoms with Crippen molar-refractivity contribution in [2.24, 2.45) is 11.8 Å². The Bertz CT molecular complexity index is 545. The Kier molecular flexibility index (Phi) is 6.61. The lowest BCUT2D eigenvalue weighted by Crippen LogP contribution is -2.24. The summed E-state index contributed by atoms with van der Waals surface area (Å²) >= 11 is 3.39. The van der Waals surface area contributed by atoms with Crippen LogP contribution < -0.4 is 9.47 Å². The number of benzene rings is 1. The molecule has 1 aromatic carbocycles. The lowest BCUT2D eigenvalue weighted by atomic mass is 9.99. The van der Waals surface area contributed by atoms with Crippen LogP contribution in [-0.2, 0) is 9.05 Å². The highest BCUT2D eigenvalue weighted by Gasteiger charge is 2.21. The largest absolute Gasteiger partial charge is 0.497 e. The first-order valence-corrected chi connectivity index (χ1v) is 9.38. The maximum absolute atomic E-state index is 11.2. The van der Waals surface area contributed by atoms with E-state index in [9.17, 15) is 8.42 Å². The van der Waals surface area contributed by atoms with Crippen molar-refractivity contribution >= 4 is 35.7 Å². The van der Waals surface area contributed by atoms with Gasteiger partial charge in [0.2, 0.25) is 9.05 Å². The molecule has 0 aromatic heterocycles. The lowest BCUT2D eigenvalue weighted by molar-refractivity contribution is 0.224. The molecule has 0 saturated carbocycles. The van der Waals surface area contributed by atoms with E-state index in [0.717, 1.165) is 4.47 Å². The molecule has 0 N–H and O–H groups in total. The summed E-state index contributed by atoms with van der Waals surface area (Å²) in [7, 11) is 3.37. The van der Waals surface area contributed by atoms with Crippen LogP contribution in [0.1, 0.15) is 13.8 Å². The standard InChI is InChI=1S/C13H18BrClO4S/c1-9(2)10(8-20(15,16)17)7-19-13-5-4-11(18-3)6-12(13)14/h4-6,9-10H,7-8H2,1-3H3. The van der Waals surface area contributed by atoms with Crippen LogP contribution in [0.4, 0.5) is 0 Å². The SMILES string of the molecule is COc1ccc(OCC(CS(=O)(=O)Cl)C(C)C)c(Br)c1. The molecule has 1 rings (SSSR count). The first kappa shape index (κ1) is 17.6. The fourth-order valence-electron chi connectivity index (χ4n) is 1.61. The maximum atomic E-state index is 11.2. The minimum atomic E-state index is -3.53. The van der Waals surface area contributed by atoms with Crippen molar-refractivity contribution in [3.05, 3.63) is 22.7 Å². The highest BCUT2D eigenvalue weighted by atomic mass is 79.9. The molecule has 0 bridgehead atoms. The lowest BCUT2D eigenvalue weighted by Gasteiger charge is -2.20. The summed E-state index contributed by atoms with van der Waals surface area (Å²) in [6, 6.07) is 5.34. The second kappa shape index (κ2) is 7.52. The molecule has 1 atom stereocenters. The second-order valence-electron chi connectivity index (χ2n) is 4.82. The molecule has 0 radical (unpaired) electrons. The molecule has 20 heavy (non-hydrogen) atoms. The zero-order valence-corrected chi connectivity index (χ0v) is 14.8. The minimum Gasteiger partial charge on any atom is -0.497 e. The summed E-state index contributed by atoms with van der Waals surface area (Å²) in [4.78, 5) is 0. The third-order valence-electron chi connectivity index (χ3n) is 2.95. The van der Waals surface area contributed by atoms with Gasteiger partial charge in [-0.1, -0.05) is 13.8 Å². The highest BCUT2D eigenvalue weighted by Crippen LogP contribution is 2.30. The first-order valence-electron chi connectivity index (χ1n) is 6.11. The van der Waals surface area contributed by atoms with Crippen LogP contribution in [-0.4, -0.2) is 27.9 Å². The fourth-order valence-corrected chi connectivity index (χ4v) is 3.56. The summed E-state index contributed by atoms with van der Waals surface area (Å²) < 4.78 is 33.9. The number of methoxy groups -OCH3 is 1. The van der Waals surface area contributed by atoms with Gasteiger partial charge in [-0.25, -0.2) is 8.42 Å². The quantitative estimate of drug-likeness (QED) is 0.672. The number of ether oxygens (including phenoxy) is 2. The van der Waals surface area contributed by atoms with E-state index in [1.807, 2.05) is 13.8 Å². The van der Waals surface area contributed by atoms with E-state index in [2.05, 4.69) is 15.9 Å². The molecule has 114 valence electrons. The van der Waals surface area contributed by atoms with Crippen molar-refractivity contribution in [3.8, 4) is 11.5 Å². The van der Waals surface area contributed by atoms with Gasteiger partial charge in [-0.3, -0.25) is 0 Å². The van der Waals surface area contributed by atoms with Gasteiger partial charge in [0.1, 0.15) is 11.5 Å². The molecule has 0 aliphatic heterocycles. The molecule has 0 aliphatic carbocycles. The van der Waals surface area contributed by atoms with Crippen molar-refractivity contribution in [2.75, 3.05) is 19.5 Å². The Hall–Kier alpha value is -0.460. The predicted molar refractivity (Wildman–Crippen MR) is 84.2 cm³/mol. The van der Waals surface area contributed by atoms with Crippen LogP contribution in [0.25, 0.3) is 0 Å². The zero-order valence-electron chi connectivity index (χ0n) is 11.6. The molecule has 4 nitrogen and oxygen atoms in total. The molecule has 0 aliphatic rings. The van der Waals surface area contributed by atoms with Crippen molar-refractivity contribution in [3.63, 3.8) is 0 Å². The van der Waals surface area contributed by atoms with Crippen molar-refractivity contribution in [1.29, 1.82) is 0 Å². The van der Waals surface area contributed by atoms with E-state index in [-0.39, 0.29) is 24.2 Å².